The number of nitrogens with one attached hydrogen (secondary N) is 1. The Bertz CT molecular complexity index is 345. The van der Waals surface area contributed by atoms with Crippen molar-refractivity contribution in [3.63, 3.8) is 0 Å². The smallest absolute Gasteiger partial charge is 0.307 e. The van der Waals surface area contributed by atoms with Crippen molar-refractivity contribution < 1.29 is 14.7 Å². The summed E-state index contributed by atoms with van der Waals surface area (Å²) < 4.78 is 0. The van der Waals surface area contributed by atoms with E-state index in [-0.39, 0.29) is 17.2 Å². The molecule has 4 heteroatoms. The number of rotatable bonds is 5. The molecule has 0 aliphatic heterocycles. The second-order valence-electron chi connectivity index (χ2n) is 6.35. The van der Waals surface area contributed by atoms with Gasteiger partial charge in [0.15, 0.2) is 0 Å². The molecule has 2 fully saturated rings. The molecule has 0 spiro atoms. The Labute approximate surface area is 108 Å². The molecule has 18 heavy (non-hydrogen) atoms. The first kappa shape index (κ1) is 13.4. The van der Waals surface area contributed by atoms with Crippen LogP contribution in [0.4, 0.5) is 0 Å². The zero-order chi connectivity index (χ0) is 13.3. The monoisotopic (exact) mass is 253 g/mol. The third kappa shape index (κ3) is 2.52. The number of carbonyl (C=O) groups is 2. The summed E-state index contributed by atoms with van der Waals surface area (Å²) in [5.41, 5.74) is -0.386. The summed E-state index contributed by atoms with van der Waals surface area (Å²) in [6.45, 7) is 4.41. The normalized spacial score (nSPS) is 30.1. The summed E-state index contributed by atoms with van der Waals surface area (Å²) in [5, 5.41) is 11.9. The number of hydrogen-bond acceptors (Lipinski definition) is 2. The fourth-order valence-corrected chi connectivity index (χ4v) is 3.40. The molecule has 0 radical (unpaired) electrons. The lowest BCUT2D eigenvalue weighted by Gasteiger charge is -2.10. The van der Waals surface area contributed by atoms with Gasteiger partial charge in [0.05, 0.1) is 11.8 Å². The van der Waals surface area contributed by atoms with Crippen molar-refractivity contribution in [1.29, 1.82) is 0 Å². The van der Waals surface area contributed by atoms with Gasteiger partial charge in [-0.3, -0.25) is 9.59 Å². The zero-order valence-corrected chi connectivity index (χ0v) is 11.2. The zero-order valence-electron chi connectivity index (χ0n) is 11.2. The first-order valence-electron chi connectivity index (χ1n) is 6.95. The van der Waals surface area contributed by atoms with Crippen molar-refractivity contribution in [3.8, 4) is 0 Å². The molecular formula is C14H23NO3. The van der Waals surface area contributed by atoms with Gasteiger partial charge >= 0.3 is 5.97 Å². The Morgan fingerprint density at radius 2 is 1.83 bits per heavy atom. The van der Waals surface area contributed by atoms with E-state index in [9.17, 15) is 9.59 Å². The molecule has 2 rings (SSSR count). The average molecular weight is 253 g/mol. The van der Waals surface area contributed by atoms with Crippen molar-refractivity contribution in [1.82, 2.24) is 5.32 Å². The first-order chi connectivity index (χ1) is 8.44. The maximum absolute atomic E-state index is 11.9. The standard InChI is InChI=1S/C14H23NO3/c1-14(2)10(11(14)13(17)18)12(16)15-8-7-9-5-3-4-6-9/h9-11H,3-8H2,1-2H3,(H,15,16)(H,17,18). The fourth-order valence-electron chi connectivity index (χ4n) is 3.40. The lowest BCUT2D eigenvalue weighted by Crippen LogP contribution is -2.29. The van der Waals surface area contributed by atoms with Crippen LogP contribution in [0.1, 0.15) is 46.0 Å². The van der Waals surface area contributed by atoms with Crippen LogP contribution in [-0.4, -0.2) is 23.5 Å². The largest absolute Gasteiger partial charge is 0.481 e. The second-order valence-corrected chi connectivity index (χ2v) is 6.35. The molecule has 2 unspecified atom stereocenters. The minimum absolute atomic E-state index is 0.0783. The molecule has 2 saturated carbocycles. The van der Waals surface area contributed by atoms with E-state index in [1.165, 1.54) is 25.7 Å². The van der Waals surface area contributed by atoms with Gasteiger partial charge in [0.2, 0.25) is 5.91 Å². The molecule has 0 heterocycles. The summed E-state index contributed by atoms with van der Waals surface area (Å²) in [5.74, 6) is -1.03. The van der Waals surface area contributed by atoms with Gasteiger partial charge in [-0.1, -0.05) is 39.5 Å². The van der Waals surface area contributed by atoms with Crippen LogP contribution < -0.4 is 5.32 Å². The average Bonchev–Trinajstić information content (AvgIpc) is 2.65. The molecule has 2 aliphatic carbocycles. The highest BCUT2D eigenvalue weighted by molar-refractivity contribution is 5.91. The molecule has 102 valence electrons. The van der Waals surface area contributed by atoms with E-state index < -0.39 is 11.9 Å². The van der Waals surface area contributed by atoms with Crippen LogP contribution in [0.15, 0.2) is 0 Å². The molecule has 0 bridgehead atoms. The van der Waals surface area contributed by atoms with Crippen molar-refractivity contribution in [2.45, 2.75) is 46.0 Å². The van der Waals surface area contributed by atoms with Gasteiger partial charge in [0.25, 0.3) is 0 Å². The molecule has 4 nitrogen and oxygen atoms in total. The van der Waals surface area contributed by atoms with Crippen LogP contribution in [0, 0.1) is 23.2 Å². The van der Waals surface area contributed by atoms with Crippen LogP contribution in [0.2, 0.25) is 0 Å². The van der Waals surface area contributed by atoms with Crippen molar-refractivity contribution >= 4 is 11.9 Å². The number of carboxylic acid groups (broad SMARTS) is 1. The summed E-state index contributed by atoms with van der Waals surface area (Å²) >= 11 is 0. The van der Waals surface area contributed by atoms with Crippen molar-refractivity contribution in [3.05, 3.63) is 0 Å². The fraction of sp³-hybridized carbons (Fsp3) is 0.857. The lowest BCUT2D eigenvalue weighted by molar-refractivity contribution is -0.140. The highest BCUT2D eigenvalue weighted by Gasteiger charge is 2.65. The maximum atomic E-state index is 11.9. The van der Waals surface area contributed by atoms with E-state index in [0.29, 0.717) is 6.54 Å². The van der Waals surface area contributed by atoms with E-state index in [1.54, 1.807) is 0 Å². The summed E-state index contributed by atoms with van der Waals surface area (Å²) in [6.07, 6.45) is 6.23. The maximum Gasteiger partial charge on any atom is 0.307 e. The van der Waals surface area contributed by atoms with Crippen LogP contribution >= 0.6 is 0 Å². The van der Waals surface area contributed by atoms with E-state index in [2.05, 4.69) is 5.32 Å². The molecule has 0 saturated heterocycles. The minimum Gasteiger partial charge on any atom is -0.481 e. The van der Waals surface area contributed by atoms with Gasteiger partial charge < -0.3 is 10.4 Å². The predicted octanol–water partition coefficient (Wildman–Crippen LogP) is 2.04. The van der Waals surface area contributed by atoms with Gasteiger partial charge in [0.1, 0.15) is 0 Å². The molecular weight excluding hydrogens is 230 g/mol. The van der Waals surface area contributed by atoms with Gasteiger partial charge in [-0.15, -0.1) is 0 Å². The Kier molecular flexibility index (Phi) is 3.64. The molecule has 2 atom stereocenters. The number of aliphatic carboxylic acids is 1. The number of amides is 1. The van der Waals surface area contributed by atoms with E-state index in [1.807, 2.05) is 13.8 Å². The first-order valence-corrected chi connectivity index (χ1v) is 6.95. The highest BCUT2D eigenvalue weighted by Crippen LogP contribution is 2.58. The third-order valence-electron chi connectivity index (χ3n) is 4.70. The molecule has 0 aromatic heterocycles. The Morgan fingerprint density at radius 1 is 1.22 bits per heavy atom. The number of carboxylic acids is 1. The van der Waals surface area contributed by atoms with Crippen molar-refractivity contribution in [2.75, 3.05) is 6.54 Å². The lowest BCUT2D eigenvalue weighted by atomic mass is 10.0. The Morgan fingerprint density at radius 3 is 2.33 bits per heavy atom. The highest BCUT2D eigenvalue weighted by atomic mass is 16.4. The molecule has 2 N–H and O–H groups in total. The van der Waals surface area contributed by atoms with Crippen molar-refractivity contribution in [2.24, 2.45) is 23.2 Å². The minimum atomic E-state index is -0.851. The molecule has 0 aromatic carbocycles. The van der Waals surface area contributed by atoms with Gasteiger partial charge in [-0.2, -0.15) is 0 Å². The topological polar surface area (TPSA) is 66.4 Å². The predicted molar refractivity (Wildman–Crippen MR) is 68.0 cm³/mol. The Hall–Kier alpha value is -1.06. The van der Waals surface area contributed by atoms with E-state index in [0.717, 1.165) is 12.3 Å². The van der Waals surface area contributed by atoms with Gasteiger partial charge in [0, 0.05) is 6.54 Å². The summed E-state index contributed by atoms with van der Waals surface area (Å²) in [4.78, 5) is 22.9. The Balaban J connectivity index is 1.74. The SMILES string of the molecule is CC1(C)C(C(=O)O)C1C(=O)NCCC1CCCC1. The van der Waals surface area contributed by atoms with Crippen LogP contribution in [-0.2, 0) is 9.59 Å². The second kappa shape index (κ2) is 4.90. The quantitative estimate of drug-likeness (QED) is 0.788. The molecule has 1 amide bonds. The van der Waals surface area contributed by atoms with Crippen LogP contribution in [0.5, 0.6) is 0 Å². The molecule has 2 aliphatic rings. The summed E-state index contributed by atoms with van der Waals surface area (Å²) in [6, 6.07) is 0. The van der Waals surface area contributed by atoms with E-state index in [4.69, 9.17) is 5.11 Å². The van der Waals surface area contributed by atoms with Crippen LogP contribution in [0.3, 0.4) is 0 Å². The van der Waals surface area contributed by atoms with E-state index >= 15 is 0 Å². The van der Waals surface area contributed by atoms with Gasteiger partial charge in [-0.25, -0.2) is 0 Å². The third-order valence-corrected chi connectivity index (χ3v) is 4.70. The van der Waals surface area contributed by atoms with Crippen LogP contribution in [0.25, 0.3) is 0 Å². The van der Waals surface area contributed by atoms with Gasteiger partial charge in [-0.05, 0) is 17.8 Å². The summed E-state index contributed by atoms with van der Waals surface area (Å²) in [7, 11) is 0. The number of hydrogen-bond donors (Lipinski definition) is 2. The number of carbonyl (C=O) groups excluding carboxylic acids is 1. The molecule has 0 aromatic rings.